The number of amides is 2. The average Bonchev–Trinajstić information content (AvgIpc) is 2.42. The Morgan fingerprint density at radius 3 is 2.45 bits per heavy atom. The van der Waals surface area contributed by atoms with E-state index in [-0.39, 0.29) is 0 Å². The van der Waals surface area contributed by atoms with E-state index >= 15 is 0 Å². The predicted octanol–water partition coefficient (Wildman–Crippen LogP) is 0.507. The molecule has 0 aromatic carbocycles. The summed E-state index contributed by atoms with van der Waals surface area (Å²) in [5.74, 6) is -1.03. The molecule has 7 nitrogen and oxygen atoms in total. The Labute approximate surface area is 120 Å². The van der Waals surface area contributed by atoms with Crippen molar-refractivity contribution in [2.45, 2.75) is 32.7 Å². The lowest BCUT2D eigenvalue weighted by atomic mass is 10.1. The molecule has 1 unspecified atom stereocenters. The topological polar surface area (TPSA) is 90.9 Å². The molecule has 0 heterocycles. The van der Waals surface area contributed by atoms with Crippen molar-refractivity contribution in [2.24, 2.45) is 0 Å². The van der Waals surface area contributed by atoms with E-state index in [4.69, 9.17) is 9.84 Å². The molecule has 0 aromatic heterocycles. The summed E-state index contributed by atoms with van der Waals surface area (Å²) in [6.45, 7) is 7.69. The fourth-order valence-electron chi connectivity index (χ4n) is 1.77. The van der Waals surface area contributed by atoms with E-state index in [1.54, 1.807) is 7.11 Å². The first-order valence-corrected chi connectivity index (χ1v) is 7.03. The van der Waals surface area contributed by atoms with Crippen LogP contribution < -0.4 is 10.6 Å². The number of hydrogen-bond donors (Lipinski definition) is 3. The van der Waals surface area contributed by atoms with Gasteiger partial charge in [-0.2, -0.15) is 0 Å². The Morgan fingerprint density at radius 2 is 1.95 bits per heavy atom. The van der Waals surface area contributed by atoms with Crippen molar-refractivity contribution in [3.05, 3.63) is 0 Å². The number of carbonyl (C=O) groups is 2. The van der Waals surface area contributed by atoms with Gasteiger partial charge in [0.1, 0.15) is 6.04 Å². The van der Waals surface area contributed by atoms with Crippen LogP contribution in [0, 0.1) is 0 Å². The maximum absolute atomic E-state index is 11.6. The summed E-state index contributed by atoms with van der Waals surface area (Å²) in [7, 11) is 1.56. The van der Waals surface area contributed by atoms with Gasteiger partial charge in [0.2, 0.25) is 0 Å². The molecule has 0 spiro atoms. The zero-order valence-electron chi connectivity index (χ0n) is 12.6. The Morgan fingerprint density at radius 1 is 1.30 bits per heavy atom. The first-order valence-electron chi connectivity index (χ1n) is 7.03. The fraction of sp³-hybridized carbons (Fsp3) is 0.846. The second-order valence-corrected chi connectivity index (χ2v) is 4.45. The molecule has 0 aliphatic carbocycles. The lowest BCUT2D eigenvalue weighted by Crippen LogP contribution is -2.47. The minimum absolute atomic E-state index is 0.354. The maximum atomic E-state index is 11.6. The van der Waals surface area contributed by atoms with E-state index in [1.807, 2.05) is 0 Å². The van der Waals surface area contributed by atoms with Gasteiger partial charge in [0.25, 0.3) is 0 Å². The third kappa shape index (κ3) is 8.71. The van der Waals surface area contributed by atoms with Crippen molar-refractivity contribution in [3.63, 3.8) is 0 Å². The largest absolute Gasteiger partial charge is 0.480 e. The Hall–Kier alpha value is -1.34. The van der Waals surface area contributed by atoms with E-state index in [0.29, 0.717) is 26.0 Å². The van der Waals surface area contributed by atoms with E-state index in [9.17, 15) is 9.59 Å². The van der Waals surface area contributed by atoms with Gasteiger partial charge in [0.15, 0.2) is 0 Å². The number of carboxylic acid groups (broad SMARTS) is 1. The third-order valence-corrected chi connectivity index (χ3v) is 3.05. The van der Waals surface area contributed by atoms with Gasteiger partial charge < -0.3 is 25.4 Å². The van der Waals surface area contributed by atoms with E-state index < -0.39 is 18.0 Å². The molecule has 20 heavy (non-hydrogen) atoms. The highest BCUT2D eigenvalue weighted by Gasteiger charge is 2.19. The second-order valence-electron chi connectivity index (χ2n) is 4.45. The molecule has 3 N–H and O–H groups in total. The molecule has 0 rings (SSSR count). The molecule has 118 valence electrons. The van der Waals surface area contributed by atoms with Crippen LogP contribution in [0.5, 0.6) is 0 Å². The summed E-state index contributed by atoms with van der Waals surface area (Å²) >= 11 is 0. The standard InChI is InChI=1S/C13H27N3O4/c1-4-16(5-2)9-8-14-13(19)15-11(12(17)18)7-6-10-20-3/h11H,4-10H2,1-3H3,(H,17,18)(H2,14,15,19). The van der Waals surface area contributed by atoms with Crippen molar-refractivity contribution in [3.8, 4) is 0 Å². The molecule has 1 atom stereocenters. The van der Waals surface area contributed by atoms with Crippen molar-refractivity contribution in [1.29, 1.82) is 0 Å². The Kier molecular flexibility index (Phi) is 10.7. The van der Waals surface area contributed by atoms with Crippen LogP contribution in [0.3, 0.4) is 0 Å². The average molecular weight is 289 g/mol. The number of likely N-dealkylation sites (N-methyl/N-ethyl adjacent to an activating group) is 1. The van der Waals surface area contributed by atoms with Gasteiger partial charge >= 0.3 is 12.0 Å². The fourth-order valence-corrected chi connectivity index (χ4v) is 1.77. The van der Waals surface area contributed by atoms with Crippen LogP contribution in [-0.4, -0.2) is 67.9 Å². The van der Waals surface area contributed by atoms with Crippen LogP contribution in [0.4, 0.5) is 4.79 Å². The minimum atomic E-state index is -1.03. The highest BCUT2D eigenvalue weighted by atomic mass is 16.5. The molecule has 0 aliphatic rings. The van der Waals surface area contributed by atoms with Crippen LogP contribution in [0.15, 0.2) is 0 Å². The maximum Gasteiger partial charge on any atom is 0.326 e. The molecule has 0 aliphatic heterocycles. The van der Waals surface area contributed by atoms with Crippen LogP contribution >= 0.6 is 0 Å². The van der Waals surface area contributed by atoms with Gasteiger partial charge in [0, 0.05) is 26.8 Å². The zero-order valence-corrected chi connectivity index (χ0v) is 12.6. The quantitative estimate of drug-likeness (QED) is 0.482. The van der Waals surface area contributed by atoms with Gasteiger partial charge in [-0.15, -0.1) is 0 Å². The first-order chi connectivity index (χ1) is 9.54. The molecular formula is C13H27N3O4. The van der Waals surface area contributed by atoms with Crippen molar-refractivity contribution >= 4 is 12.0 Å². The molecule has 0 saturated heterocycles. The number of urea groups is 1. The molecule has 0 radical (unpaired) electrons. The lowest BCUT2D eigenvalue weighted by molar-refractivity contribution is -0.139. The molecule has 0 fully saturated rings. The monoisotopic (exact) mass is 289 g/mol. The van der Waals surface area contributed by atoms with Gasteiger partial charge in [0.05, 0.1) is 0 Å². The first kappa shape index (κ1) is 18.7. The Balaban J connectivity index is 3.97. The number of hydrogen-bond acceptors (Lipinski definition) is 4. The minimum Gasteiger partial charge on any atom is -0.480 e. The lowest BCUT2D eigenvalue weighted by Gasteiger charge is -2.19. The molecule has 7 heteroatoms. The predicted molar refractivity (Wildman–Crippen MR) is 76.9 cm³/mol. The van der Waals surface area contributed by atoms with Gasteiger partial charge in [-0.1, -0.05) is 13.8 Å². The van der Waals surface area contributed by atoms with Crippen LogP contribution in [0.25, 0.3) is 0 Å². The summed E-state index contributed by atoms with van der Waals surface area (Å²) in [5, 5.41) is 14.2. The van der Waals surface area contributed by atoms with Crippen molar-refractivity contribution < 1.29 is 19.4 Å². The zero-order chi connectivity index (χ0) is 15.4. The molecule has 0 bridgehead atoms. The van der Waals surface area contributed by atoms with Crippen LogP contribution in [0.1, 0.15) is 26.7 Å². The SMILES string of the molecule is CCN(CC)CCNC(=O)NC(CCCOC)C(=O)O. The van der Waals surface area contributed by atoms with Gasteiger partial charge in [-0.3, -0.25) is 0 Å². The third-order valence-electron chi connectivity index (χ3n) is 3.05. The van der Waals surface area contributed by atoms with Crippen molar-refractivity contribution in [2.75, 3.05) is 39.9 Å². The number of carboxylic acids is 1. The summed E-state index contributed by atoms with van der Waals surface area (Å²) in [4.78, 5) is 24.8. The number of carbonyl (C=O) groups excluding carboxylic acids is 1. The smallest absolute Gasteiger partial charge is 0.326 e. The highest BCUT2D eigenvalue weighted by molar-refractivity contribution is 5.82. The second kappa shape index (κ2) is 11.5. The molecule has 0 saturated carbocycles. The summed E-state index contributed by atoms with van der Waals surface area (Å²) in [5.41, 5.74) is 0. The summed E-state index contributed by atoms with van der Waals surface area (Å²) in [6, 6.07) is -1.32. The van der Waals surface area contributed by atoms with E-state index in [2.05, 4.69) is 29.4 Å². The van der Waals surface area contributed by atoms with Gasteiger partial charge in [-0.05, 0) is 25.9 Å². The molecule has 2 amide bonds. The summed E-state index contributed by atoms with van der Waals surface area (Å²) in [6.07, 6.45) is 0.944. The van der Waals surface area contributed by atoms with Crippen LogP contribution in [0.2, 0.25) is 0 Å². The number of methoxy groups -OCH3 is 1. The Bertz CT molecular complexity index is 283. The number of aliphatic carboxylic acids is 1. The summed E-state index contributed by atoms with van der Waals surface area (Å²) < 4.78 is 4.87. The van der Waals surface area contributed by atoms with E-state index in [1.165, 1.54) is 0 Å². The normalized spacial score (nSPS) is 12.2. The van der Waals surface area contributed by atoms with Crippen molar-refractivity contribution in [1.82, 2.24) is 15.5 Å². The number of nitrogens with zero attached hydrogens (tertiary/aromatic N) is 1. The molecule has 0 aromatic rings. The van der Waals surface area contributed by atoms with E-state index in [0.717, 1.165) is 19.6 Å². The number of ether oxygens (including phenoxy) is 1. The molecular weight excluding hydrogens is 262 g/mol. The van der Waals surface area contributed by atoms with Crippen LogP contribution in [-0.2, 0) is 9.53 Å². The number of rotatable bonds is 11. The highest BCUT2D eigenvalue weighted by Crippen LogP contribution is 1.98. The number of nitrogens with one attached hydrogen (secondary N) is 2. The van der Waals surface area contributed by atoms with Gasteiger partial charge in [-0.25, -0.2) is 9.59 Å².